The van der Waals surface area contributed by atoms with Crippen molar-refractivity contribution >= 4 is 5.82 Å². The lowest BCUT2D eigenvalue weighted by atomic mass is 10.1. The zero-order chi connectivity index (χ0) is 11.8. The van der Waals surface area contributed by atoms with E-state index in [9.17, 15) is 0 Å². The molecule has 0 aliphatic carbocycles. The first-order valence-corrected chi connectivity index (χ1v) is 5.34. The Kier molecular flexibility index (Phi) is 5.23. The highest BCUT2D eigenvalue weighted by Crippen LogP contribution is 2.09. The number of nitrogens with zero attached hydrogens (tertiary/aromatic N) is 3. The number of nitrogens with one attached hydrogen (secondary N) is 1. The molecule has 0 bridgehead atoms. The average Bonchev–Trinajstić information content (AvgIpc) is 2.34. The highest BCUT2D eigenvalue weighted by atomic mass is 16.3. The molecule has 0 aliphatic rings. The van der Waals surface area contributed by atoms with Crippen molar-refractivity contribution in [1.82, 2.24) is 10.2 Å². The van der Waals surface area contributed by atoms with Crippen molar-refractivity contribution in [2.45, 2.75) is 19.8 Å². The second-order valence-electron chi connectivity index (χ2n) is 3.76. The average molecular weight is 220 g/mol. The third kappa shape index (κ3) is 3.83. The first-order chi connectivity index (χ1) is 7.77. The number of aliphatic hydroxyl groups is 1. The highest BCUT2D eigenvalue weighted by molar-refractivity contribution is 5.49. The summed E-state index contributed by atoms with van der Waals surface area (Å²) in [7, 11) is 0. The van der Waals surface area contributed by atoms with Crippen LogP contribution in [0.25, 0.3) is 0 Å². The highest BCUT2D eigenvalue weighted by Gasteiger charge is 2.03. The lowest BCUT2D eigenvalue weighted by molar-refractivity contribution is 0.229. The van der Waals surface area contributed by atoms with Gasteiger partial charge in [0, 0.05) is 13.2 Å². The lowest BCUT2D eigenvalue weighted by Gasteiger charge is -2.08. The van der Waals surface area contributed by atoms with Crippen LogP contribution in [0.15, 0.2) is 12.3 Å². The van der Waals surface area contributed by atoms with Crippen LogP contribution < -0.4 is 5.32 Å². The molecule has 0 aromatic carbocycles. The van der Waals surface area contributed by atoms with Crippen molar-refractivity contribution in [2.24, 2.45) is 5.92 Å². The number of rotatable bonds is 6. The van der Waals surface area contributed by atoms with E-state index in [0.29, 0.717) is 17.3 Å². The van der Waals surface area contributed by atoms with E-state index in [2.05, 4.69) is 21.6 Å². The van der Waals surface area contributed by atoms with Gasteiger partial charge in [0.05, 0.1) is 11.8 Å². The van der Waals surface area contributed by atoms with Gasteiger partial charge in [0.1, 0.15) is 6.07 Å². The molecule has 16 heavy (non-hydrogen) atoms. The molecule has 0 fully saturated rings. The molecule has 0 radical (unpaired) electrons. The zero-order valence-electron chi connectivity index (χ0n) is 9.35. The van der Waals surface area contributed by atoms with Crippen LogP contribution in [0.3, 0.4) is 0 Å². The van der Waals surface area contributed by atoms with Crippen LogP contribution in [0.1, 0.15) is 25.3 Å². The standard InChI is InChI=1S/C11H16N4O/c1-9(8-16)3-2-5-13-11-10(7-12)4-6-14-15-11/h4,6,9,16H,2-3,5,8H2,1H3,(H,13,15). The maximum atomic E-state index is 8.85. The Morgan fingerprint density at radius 3 is 3.12 bits per heavy atom. The van der Waals surface area contributed by atoms with Crippen molar-refractivity contribution in [2.75, 3.05) is 18.5 Å². The predicted octanol–water partition coefficient (Wildman–Crippen LogP) is 1.17. The molecule has 0 amide bonds. The molecule has 1 atom stereocenters. The number of anilines is 1. The minimum atomic E-state index is 0.217. The van der Waals surface area contributed by atoms with Crippen LogP contribution in [0.5, 0.6) is 0 Å². The van der Waals surface area contributed by atoms with Gasteiger partial charge in [-0.3, -0.25) is 0 Å². The van der Waals surface area contributed by atoms with E-state index in [1.54, 1.807) is 6.07 Å². The Hall–Kier alpha value is -1.67. The molecule has 5 nitrogen and oxygen atoms in total. The summed E-state index contributed by atoms with van der Waals surface area (Å²) in [6, 6.07) is 3.68. The number of nitriles is 1. The summed E-state index contributed by atoms with van der Waals surface area (Å²) in [6.07, 6.45) is 3.38. The normalized spacial score (nSPS) is 11.8. The van der Waals surface area contributed by atoms with Gasteiger partial charge >= 0.3 is 0 Å². The molecule has 0 spiro atoms. The van der Waals surface area contributed by atoms with Gasteiger partial charge in [-0.15, -0.1) is 5.10 Å². The molecule has 1 heterocycles. The minimum absolute atomic E-state index is 0.217. The van der Waals surface area contributed by atoms with Crippen LogP contribution >= 0.6 is 0 Å². The Bertz CT molecular complexity index is 361. The fourth-order valence-corrected chi connectivity index (χ4v) is 1.30. The Morgan fingerprint density at radius 2 is 2.44 bits per heavy atom. The molecule has 1 unspecified atom stereocenters. The summed E-state index contributed by atoms with van der Waals surface area (Å²) in [5, 5.41) is 28.3. The van der Waals surface area contributed by atoms with E-state index < -0.39 is 0 Å². The van der Waals surface area contributed by atoms with E-state index >= 15 is 0 Å². The number of hydrogen-bond acceptors (Lipinski definition) is 5. The Morgan fingerprint density at radius 1 is 1.62 bits per heavy atom. The maximum absolute atomic E-state index is 8.85. The van der Waals surface area contributed by atoms with Crippen molar-refractivity contribution in [3.05, 3.63) is 17.8 Å². The fourth-order valence-electron chi connectivity index (χ4n) is 1.30. The van der Waals surface area contributed by atoms with Crippen molar-refractivity contribution < 1.29 is 5.11 Å². The molecule has 1 aromatic rings. The Balaban J connectivity index is 2.35. The summed E-state index contributed by atoms with van der Waals surface area (Å²) in [5.74, 6) is 0.848. The molecule has 86 valence electrons. The number of hydrogen-bond donors (Lipinski definition) is 2. The molecular formula is C11H16N4O. The van der Waals surface area contributed by atoms with E-state index in [4.69, 9.17) is 10.4 Å². The molecule has 0 aliphatic heterocycles. The molecule has 5 heteroatoms. The second-order valence-corrected chi connectivity index (χ2v) is 3.76. The number of aliphatic hydroxyl groups excluding tert-OH is 1. The number of aromatic nitrogens is 2. The van der Waals surface area contributed by atoms with E-state index in [0.717, 1.165) is 19.4 Å². The largest absolute Gasteiger partial charge is 0.396 e. The van der Waals surface area contributed by atoms with Gasteiger partial charge in [-0.1, -0.05) is 6.92 Å². The predicted molar refractivity (Wildman–Crippen MR) is 60.7 cm³/mol. The maximum Gasteiger partial charge on any atom is 0.166 e. The minimum Gasteiger partial charge on any atom is -0.396 e. The van der Waals surface area contributed by atoms with Crippen LogP contribution in [0.2, 0.25) is 0 Å². The van der Waals surface area contributed by atoms with Gasteiger partial charge < -0.3 is 10.4 Å². The third-order valence-corrected chi connectivity index (χ3v) is 2.32. The summed E-state index contributed by atoms with van der Waals surface area (Å²) in [6.45, 7) is 2.95. The first kappa shape index (κ1) is 12.4. The second kappa shape index (κ2) is 6.75. The molecule has 0 saturated carbocycles. The molecule has 2 N–H and O–H groups in total. The van der Waals surface area contributed by atoms with Crippen molar-refractivity contribution in [3.8, 4) is 6.07 Å². The van der Waals surface area contributed by atoms with Gasteiger partial charge in [0.2, 0.25) is 0 Å². The monoisotopic (exact) mass is 220 g/mol. The summed E-state index contributed by atoms with van der Waals surface area (Å²) >= 11 is 0. The smallest absolute Gasteiger partial charge is 0.166 e. The van der Waals surface area contributed by atoms with Crippen LogP contribution in [0, 0.1) is 17.2 Å². The third-order valence-electron chi connectivity index (χ3n) is 2.32. The van der Waals surface area contributed by atoms with Crippen LogP contribution in [0.4, 0.5) is 5.82 Å². The molecule has 1 aromatic heterocycles. The Labute approximate surface area is 95.1 Å². The fraction of sp³-hybridized carbons (Fsp3) is 0.545. The molecule has 0 saturated heterocycles. The topological polar surface area (TPSA) is 81.8 Å². The van der Waals surface area contributed by atoms with Gasteiger partial charge in [0.15, 0.2) is 5.82 Å². The lowest BCUT2D eigenvalue weighted by Crippen LogP contribution is -2.08. The van der Waals surface area contributed by atoms with Gasteiger partial charge in [-0.2, -0.15) is 10.4 Å². The molecule has 1 rings (SSSR count). The quantitative estimate of drug-likeness (QED) is 0.703. The first-order valence-electron chi connectivity index (χ1n) is 5.34. The zero-order valence-corrected chi connectivity index (χ0v) is 9.35. The van der Waals surface area contributed by atoms with E-state index in [1.165, 1.54) is 6.20 Å². The van der Waals surface area contributed by atoms with Crippen LogP contribution in [-0.4, -0.2) is 28.5 Å². The van der Waals surface area contributed by atoms with E-state index in [1.807, 2.05) is 6.92 Å². The van der Waals surface area contributed by atoms with Gasteiger partial charge in [0.25, 0.3) is 0 Å². The summed E-state index contributed by atoms with van der Waals surface area (Å²) < 4.78 is 0. The van der Waals surface area contributed by atoms with Crippen molar-refractivity contribution in [1.29, 1.82) is 5.26 Å². The van der Waals surface area contributed by atoms with Gasteiger partial charge in [-0.25, -0.2) is 0 Å². The van der Waals surface area contributed by atoms with Gasteiger partial charge in [-0.05, 0) is 24.8 Å². The summed E-state index contributed by atoms with van der Waals surface area (Å²) in [5.41, 5.74) is 0.505. The van der Waals surface area contributed by atoms with Crippen LogP contribution in [-0.2, 0) is 0 Å². The molecular weight excluding hydrogens is 204 g/mol. The summed E-state index contributed by atoms with van der Waals surface area (Å²) in [4.78, 5) is 0. The SMILES string of the molecule is CC(CO)CCCNc1nnccc1C#N. The van der Waals surface area contributed by atoms with Crippen molar-refractivity contribution in [3.63, 3.8) is 0 Å². The van der Waals surface area contributed by atoms with E-state index in [-0.39, 0.29) is 6.61 Å².